The van der Waals surface area contributed by atoms with E-state index in [1.54, 1.807) is 0 Å². The fourth-order valence-corrected chi connectivity index (χ4v) is 2.71. The Morgan fingerprint density at radius 1 is 1.15 bits per heavy atom. The minimum Gasteiger partial charge on any atom is -0.291 e. The fraction of sp³-hybridized carbons (Fsp3) is 0.176. The van der Waals surface area contributed by atoms with Gasteiger partial charge >= 0.3 is 0 Å². The SMILES string of the molecule is CSC(=Nc1ccccc1-c1nc(Nc2nc(C)cc(C)n2)n[nH]1)NC#N. The van der Waals surface area contributed by atoms with Crippen LogP contribution in [0.3, 0.4) is 0 Å². The summed E-state index contributed by atoms with van der Waals surface area (Å²) < 4.78 is 0. The highest BCUT2D eigenvalue weighted by Gasteiger charge is 2.11. The summed E-state index contributed by atoms with van der Waals surface area (Å²) in [5.41, 5.74) is 3.13. The Morgan fingerprint density at radius 2 is 1.89 bits per heavy atom. The second-order valence-corrected chi connectivity index (χ2v) is 6.28. The third-order valence-electron chi connectivity index (χ3n) is 3.43. The first-order valence-corrected chi connectivity index (χ1v) is 9.20. The van der Waals surface area contributed by atoms with Crippen LogP contribution in [0.25, 0.3) is 11.4 Å². The molecule has 0 saturated heterocycles. The molecular formula is C17H17N9S. The number of nitrogens with one attached hydrogen (secondary N) is 3. The normalized spacial score (nSPS) is 11.1. The number of benzene rings is 1. The molecule has 3 N–H and O–H groups in total. The molecule has 3 rings (SSSR count). The highest BCUT2D eigenvalue weighted by molar-refractivity contribution is 8.13. The van der Waals surface area contributed by atoms with Gasteiger partial charge in [0.1, 0.15) is 0 Å². The van der Waals surface area contributed by atoms with Gasteiger partial charge in [0, 0.05) is 17.0 Å². The molecule has 0 amide bonds. The van der Waals surface area contributed by atoms with E-state index in [0.29, 0.717) is 28.6 Å². The summed E-state index contributed by atoms with van der Waals surface area (Å²) >= 11 is 1.34. The third kappa shape index (κ3) is 4.59. The lowest BCUT2D eigenvalue weighted by atomic mass is 10.2. The summed E-state index contributed by atoms with van der Waals surface area (Å²) in [4.78, 5) is 17.6. The van der Waals surface area contributed by atoms with Crippen molar-refractivity contribution in [3.63, 3.8) is 0 Å². The summed E-state index contributed by atoms with van der Waals surface area (Å²) in [6.45, 7) is 3.80. The van der Waals surface area contributed by atoms with E-state index in [1.165, 1.54) is 11.8 Å². The molecule has 0 aliphatic carbocycles. The summed E-state index contributed by atoms with van der Waals surface area (Å²) in [5, 5.41) is 21.9. The number of nitriles is 1. The lowest BCUT2D eigenvalue weighted by molar-refractivity contribution is 1.04. The van der Waals surface area contributed by atoms with Crippen LogP contribution >= 0.6 is 11.8 Å². The molecule has 0 unspecified atom stereocenters. The zero-order chi connectivity index (χ0) is 19.2. The zero-order valence-corrected chi connectivity index (χ0v) is 15.8. The van der Waals surface area contributed by atoms with Crippen molar-refractivity contribution >= 4 is 34.5 Å². The number of H-pyrrole nitrogens is 1. The number of nitrogens with zero attached hydrogens (tertiary/aromatic N) is 6. The van der Waals surface area contributed by atoms with Crippen LogP contribution in [-0.4, -0.2) is 36.6 Å². The number of hydrogen-bond donors (Lipinski definition) is 3. The van der Waals surface area contributed by atoms with E-state index < -0.39 is 0 Å². The molecule has 0 aliphatic heterocycles. The lowest BCUT2D eigenvalue weighted by Gasteiger charge is -2.04. The first-order valence-electron chi connectivity index (χ1n) is 7.98. The molecule has 27 heavy (non-hydrogen) atoms. The molecule has 0 radical (unpaired) electrons. The maximum Gasteiger partial charge on any atom is 0.249 e. The molecule has 0 saturated carbocycles. The molecule has 0 spiro atoms. The van der Waals surface area contributed by atoms with E-state index >= 15 is 0 Å². The van der Waals surface area contributed by atoms with Crippen molar-refractivity contribution in [2.24, 2.45) is 4.99 Å². The first kappa shape index (κ1) is 18.3. The Morgan fingerprint density at radius 3 is 2.59 bits per heavy atom. The molecule has 0 bridgehead atoms. The Kier molecular flexibility index (Phi) is 5.63. The number of aromatic amines is 1. The number of anilines is 2. The van der Waals surface area contributed by atoms with Crippen molar-refractivity contribution in [1.29, 1.82) is 5.26 Å². The van der Waals surface area contributed by atoms with Gasteiger partial charge in [0.2, 0.25) is 11.9 Å². The topological polar surface area (TPSA) is 128 Å². The molecule has 2 heterocycles. The highest BCUT2D eigenvalue weighted by atomic mass is 32.2. The number of aliphatic imine (C=N–C) groups is 1. The smallest absolute Gasteiger partial charge is 0.249 e. The van der Waals surface area contributed by atoms with Gasteiger partial charge in [-0.2, -0.15) is 10.2 Å². The molecular weight excluding hydrogens is 362 g/mol. The van der Waals surface area contributed by atoms with E-state index in [1.807, 2.05) is 56.6 Å². The van der Waals surface area contributed by atoms with Crippen molar-refractivity contribution in [3.8, 4) is 17.6 Å². The van der Waals surface area contributed by atoms with E-state index in [2.05, 4.69) is 40.8 Å². The van der Waals surface area contributed by atoms with Gasteiger partial charge in [-0.3, -0.25) is 15.7 Å². The molecule has 10 heteroatoms. The van der Waals surface area contributed by atoms with Gasteiger partial charge in [-0.15, -0.1) is 5.10 Å². The first-order chi connectivity index (χ1) is 13.1. The van der Waals surface area contributed by atoms with Gasteiger partial charge in [0.05, 0.1) is 5.69 Å². The average molecular weight is 379 g/mol. The number of rotatable bonds is 4. The Hall–Kier alpha value is -3.45. The molecule has 2 aromatic heterocycles. The summed E-state index contributed by atoms with van der Waals surface area (Å²) in [5.74, 6) is 1.33. The summed E-state index contributed by atoms with van der Waals surface area (Å²) in [6, 6.07) is 9.36. The monoisotopic (exact) mass is 379 g/mol. The highest BCUT2D eigenvalue weighted by Crippen LogP contribution is 2.29. The van der Waals surface area contributed by atoms with Crippen LogP contribution in [-0.2, 0) is 0 Å². The minimum atomic E-state index is 0.356. The van der Waals surface area contributed by atoms with Crippen molar-refractivity contribution < 1.29 is 0 Å². The minimum absolute atomic E-state index is 0.356. The van der Waals surface area contributed by atoms with Crippen LogP contribution < -0.4 is 10.6 Å². The van der Waals surface area contributed by atoms with Crippen molar-refractivity contribution in [1.82, 2.24) is 30.5 Å². The summed E-state index contributed by atoms with van der Waals surface area (Å²) in [7, 11) is 0. The average Bonchev–Trinajstić information content (AvgIpc) is 3.09. The zero-order valence-electron chi connectivity index (χ0n) is 15.0. The van der Waals surface area contributed by atoms with Gasteiger partial charge in [0.15, 0.2) is 17.2 Å². The van der Waals surface area contributed by atoms with Crippen LogP contribution in [0.2, 0.25) is 0 Å². The van der Waals surface area contributed by atoms with Crippen LogP contribution in [0.4, 0.5) is 17.6 Å². The second kappa shape index (κ2) is 8.29. The number of aryl methyl sites for hydroxylation is 2. The number of aromatic nitrogens is 5. The number of hydrogen-bond acceptors (Lipinski definition) is 8. The molecule has 0 atom stereocenters. The molecule has 3 aromatic rings. The van der Waals surface area contributed by atoms with Crippen LogP contribution in [0, 0.1) is 25.3 Å². The Labute approximate surface area is 160 Å². The molecule has 136 valence electrons. The number of thioether (sulfide) groups is 1. The van der Waals surface area contributed by atoms with Gasteiger partial charge in [-0.1, -0.05) is 23.9 Å². The largest absolute Gasteiger partial charge is 0.291 e. The van der Waals surface area contributed by atoms with Crippen LogP contribution in [0.5, 0.6) is 0 Å². The predicted molar refractivity (Wildman–Crippen MR) is 106 cm³/mol. The third-order valence-corrected chi connectivity index (χ3v) is 4.01. The lowest BCUT2D eigenvalue weighted by Crippen LogP contribution is -2.12. The number of amidine groups is 1. The fourth-order valence-electron chi connectivity index (χ4n) is 2.37. The maximum absolute atomic E-state index is 8.81. The van der Waals surface area contributed by atoms with Gasteiger partial charge in [0.25, 0.3) is 0 Å². The van der Waals surface area contributed by atoms with Crippen molar-refractivity contribution in [2.75, 3.05) is 11.6 Å². The van der Waals surface area contributed by atoms with Crippen molar-refractivity contribution in [2.45, 2.75) is 13.8 Å². The van der Waals surface area contributed by atoms with Crippen molar-refractivity contribution in [3.05, 3.63) is 41.7 Å². The molecule has 9 nitrogen and oxygen atoms in total. The van der Waals surface area contributed by atoms with Gasteiger partial charge in [-0.25, -0.2) is 15.0 Å². The Bertz CT molecular complexity index is 999. The molecule has 0 aliphatic rings. The van der Waals surface area contributed by atoms with Crippen LogP contribution in [0.1, 0.15) is 11.4 Å². The van der Waals surface area contributed by atoms with Crippen LogP contribution in [0.15, 0.2) is 35.3 Å². The maximum atomic E-state index is 8.81. The second-order valence-electron chi connectivity index (χ2n) is 5.48. The van der Waals surface area contributed by atoms with E-state index in [0.717, 1.165) is 17.0 Å². The summed E-state index contributed by atoms with van der Waals surface area (Å²) in [6.07, 6.45) is 3.72. The van der Waals surface area contributed by atoms with Gasteiger partial charge in [-0.05, 0) is 38.3 Å². The van der Waals surface area contributed by atoms with E-state index in [4.69, 9.17) is 5.26 Å². The van der Waals surface area contributed by atoms with Gasteiger partial charge < -0.3 is 0 Å². The predicted octanol–water partition coefficient (Wildman–Crippen LogP) is 3.04. The Balaban J connectivity index is 1.90. The molecule has 0 fully saturated rings. The van der Waals surface area contributed by atoms with E-state index in [-0.39, 0.29) is 0 Å². The molecule has 1 aromatic carbocycles. The number of para-hydroxylation sites is 1. The standard InChI is InChI=1S/C17H17N9S/c1-10-8-11(2)21-15(20-10)24-16-23-14(25-26-16)12-6-4-5-7-13(12)22-17(27-3)19-9-18/h4-8H,1-3H3,(H,19,22)(H2,20,21,23,24,25,26). The quantitative estimate of drug-likeness (QED) is 0.273. The van der Waals surface area contributed by atoms with E-state index in [9.17, 15) is 0 Å².